The Balaban J connectivity index is 2.68. The minimum Gasteiger partial charge on any atom is -0.495 e. The second-order valence-electron chi connectivity index (χ2n) is 5.11. The van der Waals surface area contributed by atoms with Gasteiger partial charge in [0.15, 0.2) is 0 Å². The number of hydrogen-bond donors (Lipinski definition) is 2. The van der Waals surface area contributed by atoms with E-state index in [9.17, 15) is 9.90 Å². The third-order valence-corrected chi connectivity index (χ3v) is 3.56. The van der Waals surface area contributed by atoms with Crippen molar-refractivity contribution < 1.29 is 14.6 Å². The minimum absolute atomic E-state index is 0.0234. The molecule has 4 nitrogen and oxygen atoms in total. The first-order valence-electron chi connectivity index (χ1n) is 6.35. The van der Waals surface area contributed by atoms with Crippen molar-refractivity contribution in [2.75, 3.05) is 7.11 Å². The third kappa shape index (κ3) is 2.18. The fourth-order valence-electron chi connectivity index (χ4n) is 2.57. The topological polar surface area (TPSA) is 62.3 Å². The summed E-state index contributed by atoms with van der Waals surface area (Å²) < 4.78 is 5.32. The van der Waals surface area contributed by atoms with Gasteiger partial charge in [-0.2, -0.15) is 0 Å². The van der Waals surface area contributed by atoms with E-state index in [4.69, 9.17) is 4.74 Å². The number of hydrogen-bond acceptors (Lipinski definition) is 2. The van der Waals surface area contributed by atoms with Gasteiger partial charge in [0.05, 0.1) is 18.5 Å². The number of nitrogens with one attached hydrogen (secondary N) is 1. The summed E-state index contributed by atoms with van der Waals surface area (Å²) in [5, 5.41) is 10.4. The first-order chi connectivity index (χ1) is 8.97. The van der Waals surface area contributed by atoms with Crippen molar-refractivity contribution in [2.24, 2.45) is 5.92 Å². The molecule has 2 N–H and O–H groups in total. The number of H-pyrrole nitrogens is 1. The van der Waals surface area contributed by atoms with Crippen LogP contribution in [0.15, 0.2) is 18.2 Å². The second kappa shape index (κ2) is 4.96. The zero-order valence-corrected chi connectivity index (χ0v) is 11.7. The smallest absolute Gasteiger partial charge is 0.312 e. The molecule has 19 heavy (non-hydrogen) atoms. The molecule has 0 radical (unpaired) electrons. The van der Waals surface area contributed by atoms with E-state index in [0.717, 1.165) is 27.9 Å². The lowest BCUT2D eigenvalue weighted by atomic mass is 9.90. The van der Waals surface area contributed by atoms with Gasteiger partial charge in [-0.1, -0.05) is 26.0 Å². The lowest BCUT2D eigenvalue weighted by Crippen LogP contribution is -2.18. The van der Waals surface area contributed by atoms with Gasteiger partial charge in [-0.3, -0.25) is 4.79 Å². The predicted octanol–water partition coefficient (Wildman–Crippen LogP) is 3.31. The average molecular weight is 261 g/mol. The molecule has 0 saturated carbocycles. The van der Waals surface area contributed by atoms with E-state index in [1.807, 2.05) is 39.0 Å². The molecule has 0 aliphatic carbocycles. The molecule has 0 saturated heterocycles. The highest BCUT2D eigenvalue weighted by Gasteiger charge is 2.28. The summed E-state index contributed by atoms with van der Waals surface area (Å²) >= 11 is 0. The molecular weight excluding hydrogens is 242 g/mol. The number of carboxylic acid groups (broad SMARTS) is 1. The highest BCUT2D eigenvalue weighted by molar-refractivity contribution is 5.91. The fourth-order valence-corrected chi connectivity index (χ4v) is 2.57. The summed E-state index contributed by atoms with van der Waals surface area (Å²) in [6.45, 7) is 5.79. The Morgan fingerprint density at radius 2 is 2.05 bits per heavy atom. The lowest BCUT2D eigenvalue weighted by Gasteiger charge is -2.15. The Labute approximate surface area is 112 Å². The summed E-state index contributed by atoms with van der Waals surface area (Å²) in [5.74, 6) is -0.573. The monoisotopic (exact) mass is 261 g/mol. The maximum atomic E-state index is 11.5. The number of para-hydroxylation sites is 1. The molecule has 1 heterocycles. The number of aliphatic carboxylic acids is 1. The van der Waals surface area contributed by atoms with Crippen LogP contribution in [-0.2, 0) is 4.79 Å². The van der Waals surface area contributed by atoms with Crippen LogP contribution in [0.4, 0.5) is 0 Å². The number of ether oxygens (including phenoxy) is 1. The normalized spacial score (nSPS) is 12.9. The summed E-state index contributed by atoms with van der Waals surface area (Å²) in [7, 11) is 1.61. The van der Waals surface area contributed by atoms with Gasteiger partial charge in [0.1, 0.15) is 5.75 Å². The van der Waals surface area contributed by atoms with Crippen LogP contribution in [0.2, 0.25) is 0 Å². The molecule has 1 aromatic carbocycles. The molecule has 4 heteroatoms. The third-order valence-electron chi connectivity index (χ3n) is 3.56. The summed E-state index contributed by atoms with van der Waals surface area (Å²) in [4.78, 5) is 14.7. The van der Waals surface area contributed by atoms with E-state index in [2.05, 4.69) is 4.98 Å². The number of rotatable bonds is 4. The van der Waals surface area contributed by atoms with Crippen molar-refractivity contribution in [3.8, 4) is 5.75 Å². The van der Waals surface area contributed by atoms with Gasteiger partial charge in [0, 0.05) is 11.1 Å². The second-order valence-corrected chi connectivity index (χ2v) is 5.11. The molecule has 0 amide bonds. The van der Waals surface area contributed by atoms with Crippen LogP contribution in [0, 0.1) is 12.8 Å². The van der Waals surface area contributed by atoms with Crippen LogP contribution < -0.4 is 4.74 Å². The van der Waals surface area contributed by atoms with Crippen molar-refractivity contribution in [2.45, 2.75) is 26.7 Å². The van der Waals surface area contributed by atoms with Crippen molar-refractivity contribution >= 4 is 16.9 Å². The number of carbonyl (C=O) groups is 1. The maximum absolute atomic E-state index is 11.5. The Bertz CT molecular complexity index is 613. The molecule has 0 aliphatic heterocycles. The molecule has 0 spiro atoms. The number of aromatic amines is 1. The van der Waals surface area contributed by atoms with E-state index in [1.165, 1.54) is 0 Å². The van der Waals surface area contributed by atoms with Gasteiger partial charge in [-0.25, -0.2) is 0 Å². The zero-order valence-electron chi connectivity index (χ0n) is 11.7. The van der Waals surface area contributed by atoms with Crippen molar-refractivity contribution in [3.05, 3.63) is 29.5 Å². The number of aryl methyl sites for hydroxylation is 1. The van der Waals surface area contributed by atoms with E-state index in [0.29, 0.717) is 0 Å². The standard InChI is InChI=1S/C15H19NO3/c1-8(2)12(15(17)18)13-9(3)10-6-5-7-11(19-4)14(10)16-13/h5-8,12,16H,1-4H3,(H,17,18). The van der Waals surface area contributed by atoms with Crippen LogP contribution >= 0.6 is 0 Å². The van der Waals surface area contributed by atoms with Crippen LogP contribution in [0.1, 0.15) is 31.0 Å². The van der Waals surface area contributed by atoms with Gasteiger partial charge >= 0.3 is 5.97 Å². The number of fused-ring (bicyclic) bond motifs is 1. The average Bonchev–Trinajstić information content (AvgIpc) is 2.66. The molecule has 0 bridgehead atoms. The van der Waals surface area contributed by atoms with Gasteiger partial charge in [-0.05, 0) is 24.5 Å². The fraction of sp³-hybridized carbons (Fsp3) is 0.400. The van der Waals surface area contributed by atoms with Gasteiger partial charge in [0.2, 0.25) is 0 Å². The Morgan fingerprint density at radius 3 is 2.58 bits per heavy atom. The number of aromatic nitrogens is 1. The van der Waals surface area contributed by atoms with E-state index >= 15 is 0 Å². The van der Waals surface area contributed by atoms with Crippen LogP contribution in [0.3, 0.4) is 0 Å². The van der Waals surface area contributed by atoms with Crippen LogP contribution in [0.5, 0.6) is 5.75 Å². The summed E-state index contributed by atoms with van der Waals surface area (Å²) in [5.41, 5.74) is 2.61. The Hall–Kier alpha value is -1.97. The molecule has 0 fully saturated rings. The summed E-state index contributed by atoms with van der Waals surface area (Å²) in [6, 6.07) is 5.76. The maximum Gasteiger partial charge on any atom is 0.312 e. The SMILES string of the molecule is COc1cccc2c(C)c(C(C(=O)O)C(C)C)[nH]c12. The van der Waals surface area contributed by atoms with E-state index < -0.39 is 11.9 Å². The van der Waals surface area contributed by atoms with Crippen LogP contribution in [-0.4, -0.2) is 23.2 Å². The number of carboxylic acids is 1. The van der Waals surface area contributed by atoms with Gasteiger partial charge in [-0.15, -0.1) is 0 Å². The molecular formula is C15H19NO3. The highest BCUT2D eigenvalue weighted by atomic mass is 16.5. The van der Waals surface area contributed by atoms with Gasteiger partial charge in [0.25, 0.3) is 0 Å². The number of methoxy groups -OCH3 is 1. The highest BCUT2D eigenvalue weighted by Crippen LogP contribution is 2.35. The minimum atomic E-state index is -0.802. The molecule has 102 valence electrons. The molecule has 1 unspecified atom stereocenters. The summed E-state index contributed by atoms with van der Waals surface area (Å²) in [6.07, 6.45) is 0. The van der Waals surface area contributed by atoms with Crippen LogP contribution in [0.25, 0.3) is 10.9 Å². The quantitative estimate of drug-likeness (QED) is 0.887. The molecule has 2 aromatic rings. The molecule has 1 aromatic heterocycles. The molecule has 1 atom stereocenters. The largest absolute Gasteiger partial charge is 0.495 e. The van der Waals surface area contributed by atoms with Crippen molar-refractivity contribution in [1.29, 1.82) is 0 Å². The molecule has 0 aliphatic rings. The Morgan fingerprint density at radius 1 is 1.37 bits per heavy atom. The first kappa shape index (κ1) is 13.5. The predicted molar refractivity (Wildman–Crippen MR) is 74.8 cm³/mol. The Kier molecular flexibility index (Phi) is 3.51. The van der Waals surface area contributed by atoms with Crippen molar-refractivity contribution in [1.82, 2.24) is 4.98 Å². The first-order valence-corrected chi connectivity index (χ1v) is 6.35. The van der Waals surface area contributed by atoms with Gasteiger partial charge < -0.3 is 14.8 Å². The van der Waals surface area contributed by atoms with E-state index in [1.54, 1.807) is 7.11 Å². The van der Waals surface area contributed by atoms with E-state index in [-0.39, 0.29) is 5.92 Å². The zero-order chi connectivity index (χ0) is 14.2. The number of benzene rings is 1. The lowest BCUT2D eigenvalue weighted by molar-refractivity contribution is -0.140. The molecule has 2 rings (SSSR count). The van der Waals surface area contributed by atoms with Crippen molar-refractivity contribution in [3.63, 3.8) is 0 Å².